The lowest BCUT2D eigenvalue weighted by atomic mass is 10.0. The van der Waals surface area contributed by atoms with Crippen LogP contribution in [-0.2, 0) is 14.3 Å². The third kappa shape index (κ3) is 15.9. The highest BCUT2D eigenvalue weighted by Crippen LogP contribution is 2.17. The minimum Gasteiger partial charge on any atom is -0.466 e. The Morgan fingerprint density at radius 2 is 1.18 bits per heavy atom. The minimum atomic E-state index is -0.174. The predicted molar refractivity (Wildman–Crippen MR) is 144 cm³/mol. The first kappa shape index (κ1) is 30.2. The zero-order chi connectivity index (χ0) is 24.7. The van der Waals surface area contributed by atoms with E-state index in [9.17, 15) is 9.59 Å². The van der Waals surface area contributed by atoms with E-state index in [0.717, 1.165) is 37.9 Å². The molecule has 0 fully saturated rings. The number of nitrogens with zero attached hydrogens (tertiary/aromatic N) is 1. The van der Waals surface area contributed by atoms with Crippen LogP contribution in [0.5, 0.6) is 0 Å². The molecule has 0 unspecified atom stereocenters. The van der Waals surface area contributed by atoms with Crippen LogP contribution in [0, 0.1) is 0 Å². The van der Waals surface area contributed by atoms with Gasteiger partial charge in [-0.15, -0.1) is 0 Å². The normalized spacial score (nSPS) is 10.9. The summed E-state index contributed by atoms with van der Waals surface area (Å²) < 4.78 is 5.37. The highest BCUT2D eigenvalue weighted by Gasteiger charge is 2.15. The molecular weight excluding hydrogens is 422 g/mol. The zero-order valence-electron chi connectivity index (χ0n) is 22.2. The number of hydrogen-bond acceptors (Lipinski definition) is 3. The van der Waals surface area contributed by atoms with E-state index >= 15 is 0 Å². The highest BCUT2D eigenvalue weighted by atomic mass is 16.5. The average molecular weight is 474 g/mol. The standard InChI is InChI=1S/C30H51NO3/c1-3-5-7-8-9-10-11-12-13-14-15-16-20-27-34-30(33)25-21-24-29(32)31(26-6-4-2)28-22-18-17-19-23-28/h17-19,22-23H,3-16,20-21,24-27H2,1-2H3. The summed E-state index contributed by atoms with van der Waals surface area (Å²) in [6, 6.07) is 9.80. The Morgan fingerprint density at radius 3 is 1.74 bits per heavy atom. The van der Waals surface area contributed by atoms with Crippen LogP contribution < -0.4 is 4.90 Å². The minimum absolute atomic E-state index is 0.0870. The lowest BCUT2D eigenvalue weighted by molar-refractivity contribution is -0.143. The van der Waals surface area contributed by atoms with E-state index in [4.69, 9.17) is 4.74 Å². The first-order valence-electron chi connectivity index (χ1n) is 14.2. The van der Waals surface area contributed by atoms with Gasteiger partial charge >= 0.3 is 5.97 Å². The van der Waals surface area contributed by atoms with Crippen molar-refractivity contribution in [2.45, 2.75) is 129 Å². The van der Waals surface area contributed by atoms with Gasteiger partial charge in [-0.25, -0.2) is 0 Å². The predicted octanol–water partition coefficient (Wildman–Crippen LogP) is 8.62. The molecule has 1 rings (SSSR count). The van der Waals surface area contributed by atoms with Gasteiger partial charge in [-0.3, -0.25) is 9.59 Å². The molecule has 4 nitrogen and oxygen atoms in total. The van der Waals surface area contributed by atoms with Crippen molar-refractivity contribution < 1.29 is 14.3 Å². The Hall–Kier alpha value is -1.84. The SMILES string of the molecule is CCCCCCCCCCCCCCCOC(=O)CCCC(=O)N(CCCC)c1ccccc1. The Labute approximate surface area is 209 Å². The van der Waals surface area contributed by atoms with E-state index in [2.05, 4.69) is 13.8 Å². The van der Waals surface area contributed by atoms with Gasteiger partial charge < -0.3 is 9.64 Å². The van der Waals surface area contributed by atoms with Crippen LogP contribution in [0.1, 0.15) is 129 Å². The molecule has 0 aliphatic carbocycles. The van der Waals surface area contributed by atoms with E-state index in [1.165, 1.54) is 70.6 Å². The molecule has 0 saturated carbocycles. The molecule has 0 radical (unpaired) electrons. The van der Waals surface area contributed by atoms with E-state index in [1.54, 1.807) is 0 Å². The molecule has 34 heavy (non-hydrogen) atoms. The summed E-state index contributed by atoms with van der Waals surface area (Å²) in [5.74, 6) is -0.0875. The first-order chi connectivity index (χ1) is 16.7. The van der Waals surface area contributed by atoms with Gasteiger partial charge in [-0.05, 0) is 31.4 Å². The van der Waals surface area contributed by atoms with Gasteiger partial charge in [0.25, 0.3) is 0 Å². The molecule has 0 N–H and O–H groups in total. The van der Waals surface area contributed by atoms with Crippen LogP contribution >= 0.6 is 0 Å². The van der Waals surface area contributed by atoms with Crippen molar-refractivity contribution in [1.29, 1.82) is 0 Å². The van der Waals surface area contributed by atoms with E-state index in [1.807, 2.05) is 35.2 Å². The van der Waals surface area contributed by atoms with Crippen LogP contribution in [0.15, 0.2) is 30.3 Å². The monoisotopic (exact) mass is 473 g/mol. The third-order valence-electron chi connectivity index (χ3n) is 6.39. The van der Waals surface area contributed by atoms with E-state index in [0.29, 0.717) is 25.9 Å². The summed E-state index contributed by atoms with van der Waals surface area (Å²) in [5, 5.41) is 0. The van der Waals surface area contributed by atoms with Crippen molar-refractivity contribution >= 4 is 17.6 Å². The summed E-state index contributed by atoms with van der Waals surface area (Å²) >= 11 is 0. The number of carbonyl (C=O) groups excluding carboxylic acids is 2. The quantitative estimate of drug-likeness (QED) is 0.125. The van der Waals surface area contributed by atoms with Gasteiger partial charge in [-0.1, -0.05) is 116 Å². The Bertz CT molecular complexity index is 617. The second-order valence-electron chi connectivity index (χ2n) is 9.55. The van der Waals surface area contributed by atoms with Gasteiger partial charge in [0, 0.05) is 25.1 Å². The Kier molecular flexibility index (Phi) is 19.2. The van der Waals surface area contributed by atoms with Crippen molar-refractivity contribution in [3.8, 4) is 0 Å². The fourth-order valence-electron chi connectivity index (χ4n) is 4.22. The Balaban J connectivity index is 2.00. The molecule has 0 atom stereocenters. The molecule has 4 heteroatoms. The van der Waals surface area contributed by atoms with Crippen LogP contribution in [-0.4, -0.2) is 25.0 Å². The molecule has 1 aromatic carbocycles. The van der Waals surface area contributed by atoms with Crippen molar-refractivity contribution in [2.75, 3.05) is 18.1 Å². The molecule has 194 valence electrons. The fourth-order valence-corrected chi connectivity index (χ4v) is 4.22. The molecule has 0 bridgehead atoms. The number of amides is 1. The largest absolute Gasteiger partial charge is 0.466 e. The Morgan fingerprint density at radius 1 is 0.647 bits per heavy atom. The summed E-state index contributed by atoms with van der Waals surface area (Å²) in [4.78, 5) is 26.6. The lowest BCUT2D eigenvalue weighted by Gasteiger charge is -2.22. The summed E-state index contributed by atoms with van der Waals surface area (Å²) in [5.41, 5.74) is 0.936. The van der Waals surface area contributed by atoms with Crippen LogP contribution in [0.2, 0.25) is 0 Å². The van der Waals surface area contributed by atoms with Gasteiger partial charge in [0.15, 0.2) is 0 Å². The van der Waals surface area contributed by atoms with Crippen LogP contribution in [0.4, 0.5) is 5.69 Å². The van der Waals surface area contributed by atoms with Crippen molar-refractivity contribution in [3.63, 3.8) is 0 Å². The van der Waals surface area contributed by atoms with Gasteiger partial charge in [0.05, 0.1) is 6.61 Å². The molecule has 0 spiro atoms. The van der Waals surface area contributed by atoms with Crippen LogP contribution in [0.3, 0.4) is 0 Å². The topological polar surface area (TPSA) is 46.6 Å². The average Bonchev–Trinajstić information content (AvgIpc) is 2.85. The number of rotatable bonds is 22. The molecular formula is C30H51NO3. The summed E-state index contributed by atoms with van der Waals surface area (Å²) in [6.07, 6.45) is 20.3. The molecule has 0 aliphatic rings. The number of para-hydroxylation sites is 1. The molecule has 0 heterocycles. The van der Waals surface area contributed by atoms with E-state index < -0.39 is 0 Å². The highest BCUT2D eigenvalue weighted by molar-refractivity contribution is 5.93. The van der Waals surface area contributed by atoms with Crippen LogP contribution in [0.25, 0.3) is 0 Å². The van der Waals surface area contributed by atoms with Crippen molar-refractivity contribution in [3.05, 3.63) is 30.3 Å². The van der Waals surface area contributed by atoms with E-state index in [-0.39, 0.29) is 11.9 Å². The maximum Gasteiger partial charge on any atom is 0.305 e. The number of anilines is 1. The maximum absolute atomic E-state index is 12.7. The second-order valence-corrected chi connectivity index (χ2v) is 9.55. The van der Waals surface area contributed by atoms with Gasteiger partial charge in [0.2, 0.25) is 5.91 Å². The zero-order valence-corrected chi connectivity index (χ0v) is 22.2. The molecule has 0 aromatic heterocycles. The summed E-state index contributed by atoms with van der Waals surface area (Å²) in [7, 11) is 0. The number of ether oxygens (including phenoxy) is 1. The number of esters is 1. The number of benzene rings is 1. The smallest absolute Gasteiger partial charge is 0.305 e. The third-order valence-corrected chi connectivity index (χ3v) is 6.39. The fraction of sp³-hybridized carbons (Fsp3) is 0.733. The molecule has 0 aliphatic heterocycles. The molecule has 0 saturated heterocycles. The maximum atomic E-state index is 12.7. The van der Waals surface area contributed by atoms with Gasteiger partial charge in [0.1, 0.15) is 0 Å². The number of carbonyl (C=O) groups is 2. The summed E-state index contributed by atoms with van der Waals surface area (Å²) in [6.45, 7) is 5.63. The first-order valence-corrected chi connectivity index (χ1v) is 14.2. The second kappa shape index (κ2) is 21.7. The van der Waals surface area contributed by atoms with Gasteiger partial charge in [-0.2, -0.15) is 0 Å². The van der Waals surface area contributed by atoms with Crippen molar-refractivity contribution in [2.24, 2.45) is 0 Å². The molecule has 1 amide bonds. The lowest BCUT2D eigenvalue weighted by Crippen LogP contribution is -2.31. The van der Waals surface area contributed by atoms with Crippen molar-refractivity contribution in [1.82, 2.24) is 0 Å². The number of hydrogen-bond donors (Lipinski definition) is 0. The molecule has 1 aromatic rings. The number of unbranched alkanes of at least 4 members (excludes halogenated alkanes) is 13.